The van der Waals surface area contributed by atoms with Crippen LogP contribution in [0.5, 0.6) is 0 Å². The summed E-state index contributed by atoms with van der Waals surface area (Å²) in [5, 5.41) is 4.17. The van der Waals surface area contributed by atoms with Gasteiger partial charge in [-0.3, -0.25) is 20.2 Å². The van der Waals surface area contributed by atoms with Crippen LogP contribution in [0.4, 0.5) is 4.79 Å². The van der Waals surface area contributed by atoms with Crippen molar-refractivity contribution in [3.8, 4) is 0 Å². The van der Waals surface area contributed by atoms with Crippen LogP contribution in [0.15, 0.2) is 30.3 Å². The fourth-order valence-electron chi connectivity index (χ4n) is 1.77. The molecule has 18 heavy (non-hydrogen) atoms. The second-order valence-corrected chi connectivity index (χ2v) is 3.88. The Labute approximate surface area is 134 Å². The number of urea groups is 1. The van der Waals surface area contributed by atoms with Gasteiger partial charge in [0.05, 0.1) is 0 Å². The number of hydrogen-bond donors (Lipinski definition) is 2. The minimum Gasteiger partial charge on any atom is -0.277 e. The quantitative estimate of drug-likeness (QED) is 0.610. The summed E-state index contributed by atoms with van der Waals surface area (Å²) < 4.78 is 0. The molecule has 0 spiro atoms. The van der Waals surface area contributed by atoms with E-state index in [-0.39, 0.29) is 37.7 Å². The molecule has 1 heterocycles. The summed E-state index contributed by atoms with van der Waals surface area (Å²) in [7, 11) is 0. The smallest absolute Gasteiger partial charge is 0.277 e. The monoisotopic (exact) mass is 272 g/mol. The summed E-state index contributed by atoms with van der Waals surface area (Å²) in [4.78, 5) is 33.7. The molecule has 1 fully saturated rings. The van der Waals surface area contributed by atoms with E-state index in [4.69, 9.17) is 0 Å². The van der Waals surface area contributed by atoms with Crippen molar-refractivity contribution < 1.29 is 14.4 Å². The molecule has 0 bridgehead atoms. The van der Waals surface area contributed by atoms with Crippen molar-refractivity contribution in [2.45, 2.75) is 12.8 Å². The van der Waals surface area contributed by atoms with Gasteiger partial charge in [0.15, 0.2) is 0 Å². The second-order valence-electron chi connectivity index (χ2n) is 3.88. The molecule has 0 saturated carbocycles. The van der Waals surface area contributed by atoms with E-state index in [1.165, 1.54) is 0 Å². The molecule has 0 atom stereocenters. The van der Waals surface area contributed by atoms with E-state index in [0.29, 0.717) is 12.8 Å². The standard InChI is InChI=1S/C12H12N2O3.Ca/c15-10-9(11(16)14-12(17)13-10)7-6-8-4-2-1-3-5-8;/h1-5,9H,6-7H2,(H2,13,14,15,16,17);. The second kappa shape index (κ2) is 6.87. The van der Waals surface area contributed by atoms with Gasteiger partial charge in [-0.2, -0.15) is 0 Å². The van der Waals surface area contributed by atoms with Gasteiger partial charge in [0.25, 0.3) is 0 Å². The predicted molar refractivity (Wildman–Crippen MR) is 65.7 cm³/mol. The largest absolute Gasteiger partial charge is 0.328 e. The van der Waals surface area contributed by atoms with Crippen LogP contribution in [0.3, 0.4) is 0 Å². The molecule has 0 aliphatic carbocycles. The van der Waals surface area contributed by atoms with Crippen LogP contribution in [0.2, 0.25) is 0 Å². The zero-order valence-corrected chi connectivity index (χ0v) is 12.0. The average Bonchev–Trinajstić information content (AvgIpc) is 2.29. The summed E-state index contributed by atoms with van der Waals surface area (Å²) in [6, 6.07) is 8.84. The van der Waals surface area contributed by atoms with Crippen LogP contribution in [0, 0.1) is 5.92 Å². The van der Waals surface area contributed by atoms with Crippen LogP contribution in [-0.4, -0.2) is 55.6 Å². The number of carbonyl (C=O) groups is 3. The van der Waals surface area contributed by atoms with Crippen LogP contribution < -0.4 is 10.6 Å². The van der Waals surface area contributed by atoms with Crippen LogP contribution in [0.25, 0.3) is 0 Å². The average molecular weight is 272 g/mol. The van der Waals surface area contributed by atoms with Crippen molar-refractivity contribution in [2.75, 3.05) is 0 Å². The van der Waals surface area contributed by atoms with Gasteiger partial charge in [-0.25, -0.2) is 4.79 Å². The predicted octanol–water partition coefficient (Wildman–Crippen LogP) is 0.221. The SMILES string of the molecule is O=C1NC(=O)C(CCc2ccccc2)C(=O)N1.[Ca]. The van der Waals surface area contributed by atoms with Gasteiger partial charge in [-0.15, -0.1) is 0 Å². The maximum Gasteiger partial charge on any atom is 0.328 e. The summed E-state index contributed by atoms with van der Waals surface area (Å²) in [6.07, 6.45) is 1.02. The van der Waals surface area contributed by atoms with E-state index in [9.17, 15) is 14.4 Å². The molecule has 2 rings (SSSR count). The Morgan fingerprint density at radius 3 is 2.06 bits per heavy atom. The molecular weight excluding hydrogens is 260 g/mol. The molecule has 0 aromatic heterocycles. The van der Waals surface area contributed by atoms with E-state index in [1.54, 1.807) is 0 Å². The van der Waals surface area contributed by atoms with Crippen molar-refractivity contribution in [2.24, 2.45) is 5.92 Å². The Hall–Kier alpha value is -0.910. The number of carbonyl (C=O) groups excluding carboxylic acids is 3. The van der Waals surface area contributed by atoms with Gasteiger partial charge in [0.2, 0.25) is 11.8 Å². The zero-order valence-electron chi connectivity index (χ0n) is 9.81. The number of barbiturate groups is 1. The van der Waals surface area contributed by atoms with Gasteiger partial charge in [0, 0.05) is 37.7 Å². The molecule has 2 radical (unpaired) electrons. The molecule has 1 aliphatic heterocycles. The first kappa shape index (κ1) is 15.1. The number of amides is 4. The van der Waals surface area contributed by atoms with E-state index < -0.39 is 23.8 Å². The fraction of sp³-hybridized carbons (Fsp3) is 0.250. The van der Waals surface area contributed by atoms with Gasteiger partial charge < -0.3 is 0 Å². The number of aryl methyl sites for hydroxylation is 1. The van der Waals surface area contributed by atoms with Crippen molar-refractivity contribution in [3.63, 3.8) is 0 Å². The van der Waals surface area contributed by atoms with E-state index in [1.807, 2.05) is 30.3 Å². The summed E-state index contributed by atoms with van der Waals surface area (Å²) in [5.41, 5.74) is 1.06. The zero-order chi connectivity index (χ0) is 12.3. The minimum atomic E-state index is -0.784. The molecule has 1 aromatic rings. The van der Waals surface area contributed by atoms with E-state index in [2.05, 4.69) is 10.6 Å². The van der Waals surface area contributed by atoms with Gasteiger partial charge in [-0.1, -0.05) is 30.3 Å². The Kier molecular flexibility index (Phi) is 5.78. The summed E-state index contributed by atoms with van der Waals surface area (Å²) in [5.74, 6) is -1.82. The number of rotatable bonds is 3. The Morgan fingerprint density at radius 2 is 1.50 bits per heavy atom. The first-order chi connectivity index (χ1) is 8.16. The first-order valence-corrected chi connectivity index (χ1v) is 5.36. The van der Waals surface area contributed by atoms with Crippen LogP contribution >= 0.6 is 0 Å². The maximum absolute atomic E-state index is 11.4. The summed E-state index contributed by atoms with van der Waals surface area (Å²) in [6.45, 7) is 0. The molecule has 1 aliphatic rings. The molecule has 1 aromatic carbocycles. The number of benzene rings is 1. The molecule has 5 nitrogen and oxygen atoms in total. The molecular formula is C12H12CaN2O3. The Bertz CT molecular complexity index is 442. The van der Waals surface area contributed by atoms with Gasteiger partial charge in [0.1, 0.15) is 5.92 Å². The van der Waals surface area contributed by atoms with Gasteiger partial charge in [-0.05, 0) is 18.4 Å². The first-order valence-electron chi connectivity index (χ1n) is 5.36. The molecule has 90 valence electrons. The van der Waals surface area contributed by atoms with E-state index in [0.717, 1.165) is 5.56 Å². The van der Waals surface area contributed by atoms with Crippen molar-refractivity contribution in [1.29, 1.82) is 0 Å². The Balaban J connectivity index is 0.00000162. The molecule has 2 N–H and O–H groups in total. The van der Waals surface area contributed by atoms with Crippen LogP contribution in [-0.2, 0) is 16.0 Å². The topological polar surface area (TPSA) is 75.3 Å². The molecule has 6 heteroatoms. The van der Waals surface area contributed by atoms with Crippen molar-refractivity contribution in [3.05, 3.63) is 35.9 Å². The third-order valence-electron chi connectivity index (χ3n) is 2.67. The minimum absolute atomic E-state index is 0. The van der Waals surface area contributed by atoms with E-state index >= 15 is 0 Å². The molecule has 0 unspecified atom stereocenters. The number of hydrogen-bond acceptors (Lipinski definition) is 3. The van der Waals surface area contributed by atoms with Crippen molar-refractivity contribution >= 4 is 55.6 Å². The third kappa shape index (κ3) is 3.80. The van der Waals surface area contributed by atoms with Gasteiger partial charge >= 0.3 is 6.03 Å². The summed E-state index contributed by atoms with van der Waals surface area (Å²) >= 11 is 0. The molecule has 4 amide bonds. The fourth-order valence-corrected chi connectivity index (χ4v) is 1.77. The van der Waals surface area contributed by atoms with Crippen molar-refractivity contribution in [1.82, 2.24) is 10.6 Å². The van der Waals surface area contributed by atoms with Crippen LogP contribution in [0.1, 0.15) is 12.0 Å². The Morgan fingerprint density at radius 1 is 0.944 bits per heavy atom. The normalized spacial score (nSPS) is 15.7. The molecule has 1 saturated heterocycles. The maximum atomic E-state index is 11.4. The third-order valence-corrected chi connectivity index (χ3v) is 2.67. The number of nitrogens with one attached hydrogen (secondary N) is 2. The number of imide groups is 2.